The molecule has 102 valence electrons. The first-order valence-electron chi connectivity index (χ1n) is 6.36. The molecular weight excluding hydrogens is 242 g/mol. The van der Waals surface area contributed by atoms with Crippen molar-refractivity contribution in [2.75, 3.05) is 32.5 Å². The third kappa shape index (κ3) is 3.30. The quantitative estimate of drug-likeness (QED) is 0.834. The summed E-state index contributed by atoms with van der Waals surface area (Å²) in [7, 11) is 1.98. The lowest BCUT2D eigenvalue weighted by Gasteiger charge is -2.23. The molecular formula is C14H19N3O2. The summed E-state index contributed by atoms with van der Waals surface area (Å²) in [4.78, 5) is 2.08. The minimum atomic E-state index is 0.00318. The lowest BCUT2D eigenvalue weighted by atomic mass is 10.1. The maximum absolute atomic E-state index is 8.82. The molecule has 0 aliphatic carbocycles. The van der Waals surface area contributed by atoms with Gasteiger partial charge in [-0.1, -0.05) is 0 Å². The molecule has 1 heterocycles. The molecule has 2 N–H and O–H groups in total. The molecule has 19 heavy (non-hydrogen) atoms. The average molecular weight is 261 g/mol. The highest BCUT2D eigenvalue weighted by Gasteiger charge is 2.16. The second-order valence-corrected chi connectivity index (χ2v) is 4.92. The van der Waals surface area contributed by atoms with Crippen molar-refractivity contribution in [1.82, 2.24) is 4.90 Å². The van der Waals surface area contributed by atoms with Crippen LogP contribution in [-0.2, 0) is 6.54 Å². The van der Waals surface area contributed by atoms with Crippen molar-refractivity contribution >= 4 is 5.69 Å². The van der Waals surface area contributed by atoms with Crippen LogP contribution < -0.4 is 15.2 Å². The van der Waals surface area contributed by atoms with Crippen molar-refractivity contribution < 1.29 is 9.47 Å². The van der Waals surface area contributed by atoms with E-state index in [2.05, 4.69) is 11.0 Å². The zero-order valence-corrected chi connectivity index (χ0v) is 11.3. The van der Waals surface area contributed by atoms with Crippen molar-refractivity contribution in [2.45, 2.75) is 13.5 Å². The van der Waals surface area contributed by atoms with Crippen LogP contribution in [-0.4, -0.2) is 31.7 Å². The topological polar surface area (TPSA) is 71.5 Å². The molecule has 0 saturated carbocycles. The van der Waals surface area contributed by atoms with Crippen LogP contribution in [0.1, 0.15) is 12.5 Å². The van der Waals surface area contributed by atoms with E-state index in [4.69, 9.17) is 20.5 Å². The Morgan fingerprint density at radius 1 is 1.37 bits per heavy atom. The van der Waals surface area contributed by atoms with E-state index in [-0.39, 0.29) is 5.92 Å². The number of rotatable bonds is 4. The van der Waals surface area contributed by atoms with E-state index in [1.54, 1.807) is 0 Å². The summed E-state index contributed by atoms with van der Waals surface area (Å²) in [6.07, 6.45) is 0. The van der Waals surface area contributed by atoms with Crippen LogP contribution in [0.15, 0.2) is 12.1 Å². The number of hydrogen-bond donors (Lipinski definition) is 1. The van der Waals surface area contributed by atoms with Gasteiger partial charge in [-0.3, -0.25) is 0 Å². The first-order valence-corrected chi connectivity index (χ1v) is 6.36. The fourth-order valence-corrected chi connectivity index (χ4v) is 2.15. The van der Waals surface area contributed by atoms with Gasteiger partial charge in [0.2, 0.25) is 0 Å². The van der Waals surface area contributed by atoms with Gasteiger partial charge in [-0.2, -0.15) is 5.26 Å². The van der Waals surface area contributed by atoms with Gasteiger partial charge >= 0.3 is 0 Å². The van der Waals surface area contributed by atoms with Gasteiger partial charge < -0.3 is 20.1 Å². The van der Waals surface area contributed by atoms with Crippen LogP contribution in [0.3, 0.4) is 0 Å². The standard InChI is InChI=1S/C14H19N3O2/c1-10(7-15)8-17(2)9-11-5-13-14(6-12(11)16)19-4-3-18-13/h5-6,10H,3-4,8-9,16H2,1-2H3. The van der Waals surface area contributed by atoms with Gasteiger partial charge in [0.25, 0.3) is 0 Å². The van der Waals surface area contributed by atoms with Crippen molar-refractivity contribution in [3.8, 4) is 17.6 Å². The minimum Gasteiger partial charge on any atom is -0.486 e. The summed E-state index contributed by atoms with van der Waals surface area (Å²) in [5, 5.41) is 8.82. The monoisotopic (exact) mass is 261 g/mol. The van der Waals surface area contributed by atoms with E-state index in [1.807, 2.05) is 26.1 Å². The normalized spacial score (nSPS) is 15.1. The molecule has 1 aromatic carbocycles. The van der Waals surface area contributed by atoms with Gasteiger partial charge in [0.15, 0.2) is 11.5 Å². The van der Waals surface area contributed by atoms with Crippen molar-refractivity contribution in [2.24, 2.45) is 5.92 Å². The first kappa shape index (κ1) is 13.5. The van der Waals surface area contributed by atoms with E-state index >= 15 is 0 Å². The summed E-state index contributed by atoms with van der Waals surface area (Å²) in [5.74, 6) is 1.46. The number of nitrogens with two attached hydrogens (primary N) is 1. The largest absolute Gasteiger partial charge is 0.486 e. The molecule has 5 nitrogen and oxygen atoms in total. The fraction of sp³-hybridized carbons (Fsp3) is 0.500. The Morgan fingerprint density at radius 2 is 2.00 bits per heavy atom. The Labute approximate surface area is 113 Å². The smallest absolute Gasteiger partial charge is 0.163 e. The highest BCUT2D eigenvalue weighted by molar-refractivity contribution is 5.58. The third-order valence-electron chi connectivity index (χ3n) is 3.05. The number of hydrogen-bond acceptors (Lipinski definition) is 5. The Bertz CT molecular complexity index is 496. The van der Waals surface area contributed by atoms with Crippen LogP contribution in [0.2, 0.25) is 0 Å². The number of nitriles is 1. The average Bonchev–Trinajstić information content (AvgIpc) is 2.39. The highest BCUT2D eigenvalue weighted by Crippen LogP contribution is 2.34. The van der Waals surface area contributed by atoms with Crippen LogP contribution in [0, 0.1) is 17.2 Å². The first-order chi connectivity index (χ1) is 9.10. The second-order valence-electron chi connectivity index (χ2n) is 4.92. The molecule has 0 spiro atoms. The zero-order valence-electron chi connectivity index (χ0n) is 11.3. The van der Waals surface area contributed by atoms with E-state index in [0.29, 0.717) is 37.7 Å². The summed E-state index contributed by atoms with van der Waals surface area (Å²) in [6, 6.07) is 5.97. The number of benzene rings is 1. The van der Waals surface area contributed by atoms with Crippen molar-refractivity contribution in [1.29, 1.82) is 5.26 Å². The minimum absolute atomic E-state index is 0.00318. The fourth-order valence-electron chi connectivity index (χ4n) is 2.15. The highest BCUT2D eigenvalue weighted by atomic mass is 16.6. The number of anilines is 1. The maximum atomic E-state index is 8.82. The molecule has 1 aliphatic rings. The summed E-state index contributed by atoms with van der Waals surface area (Å²) in [5.41, 5.74) is 7.72. The van der Waals surface area contributed by atoms with Crippen molar-refractivity contribution in [3.05, 3.63) is 17.7 Å². The summed E-state index contributed by atoms with van der Waals surface area (Å²) in [6.45, 7) is 4.44. The third-order valence-corrected chi connectivity index (χ3v) is 3.05. The Hall–Kier alpha value is -1.93. The molecule has 0 saturated heterocycles. The van der Waals surface area contributed by atoms with Gasteiger partial charge in [-0.25, -0.2) is 0 Å². The van der Waals surface area contributed by atoms with E-state index in [1.165, 1.54) is 0 Å². The van der Waals surface area contributed by atoms with Gasteiger partial charge in [-0.15, -0.1) is 0 Å². The maximum Gasteiger partial charge on any atom is 0.163 e. The van der Waals surface area contributed by atoms with Gasteiger partial charge in [0.1, 0.15) is 13.2 Å². The molecule has 0 fully saturated rings. The molecule has 0 radical (unpaired) electrons. The molecule has 0 aromatic heterocycles. The Morgan fingerprint density at radius 3 is 2.63 bits per heavy atom. The molecule has 0 bridgehead atoms. The van der Waals surface area contributed by atoms with E-state index in [9.17, 15) is 0 Å². The lowest BCUT2D eigenvalue weighted by molar-refractivity contribution is 0.171. The van der Waals surface area contributed by atoms with Gasteiger partial charge in [-0.05, 0) is 25.6 Å². The summed E-state index contributed by atoms with van der Waals surface area (Å²) >= 11 is 0. The summed E-state index contributed by atoms with van der Waals surface area (Å²) < 4.78 is 11.0. The van der Waals surface area contributed by atoms with E-state index in [0.717, 1.165) is 11.3 Å². The van der Waals surface area contributed by atoms with Gasteiger partial charge in [0.05, 0.1) is 12.0 Å². The molecule has 1 unspecified atom stereocenters. The molecule has 5 heteroatoms. The number of nitrogens with zero attached hydrogens (tertiary/aromatic N) is 2. The lowest BCUT2D eigenvalue weighted by Crippen LogP contribution is -2.24. The molecule has 0 amide bonds. The Kier molecular flexibility index (Phi) is 4.13. The van der Waals surface area contributed by atoms with Gasteiger partial charge in [0, 0.05) is 24.8 Å². The molecule has 1 aromatic rings. The predicted molar refractivity (Wildman–Crippen MR) is 73.0 cm³/mol. The molecule has 1 atom stereocenters. The van der Waals surface area contributed by atoms with E-state index < -0.39 is 0 Å². The van der Waals surface area contributed by atoms with Crippen molar-refractivity contribution in [3.63, 3.8) is 0 Å². The van der Waals surface area contributed by atoms with Crippen LogP contribution >= 0.6 is 0 Å². The SMILES string of the molecule is CC(C#N)CN(C)Cc1cc2c(cc1N)OCCO2. The van der Waals surface area contributed by atoms with Crippen LogP contribution in [0.4, 0.5) is 5.69 Å². The number of nitrogen functional groups attached to an aromatic ring is 1. The second kappa shape index (κ2) is 5.81. The Balaban J connectivity index is 2.10. The number of fused-ring (bicyclic) bond motifs is 1. The molecule has 1 aliphatic heterocycles. The predicted octanol–water partition coefficient (Wildman–Crippen LogP) is 1.63. The zero-order chi connectivity index (χ0) is 13.8. The molecule has 2 rings (SSSR count). The van der Waals surface area contributed by atoms with Crippen LogP contribution in [0.5, 0.6) is 11.5 Å². The number of ether oxygens (including phenoxy) is 2. The van der Waals surface area contributed by atoms with Crippen LogP contribution in [0.25, 0.3) is 0 Å².